The number of nitrogens with zero attached hydrogens (tertiary/aromatic N) is 2. The first-order chi connectivity index (χ1) is 11.1. The van der Waals surface area contributed by atoms with Crippen molar-refractivity contribution >= 4 is 35.2 Å². The summed E-state index contributed by atoms with van der Waals surface area (Å²) in [7, 11) is 1.02. The third-order valence-corrected chi connectivity index (χ3v) is 3.76. The summed E-state index contributed by atoms with van der Waals surface area (Å²) >= 11 is 0. The summed E-state index contributed by atoms with van der Waals surface area (Å²) in [5.74, 6) is -7.24. The van der Waals surface area contributed by atoms with Crippen molar-refractivity contribution in [3.63, 3.8) is 0 Å². The van der Waals surface area contributed by atoms with E-state index in [1.807, 2.05) is 0 Å². The number of carboxylic acid groups (broad SMARTS) is 1. The predicted molar refractivity (Wildman–Crippen MR) is 75.5 cm³/mol. The number of amides is 2. The topological polar surface area (TPSA) is 175 Å². The number of hydrogen-bond acceptors (Lipinski definition) is 6. The lowest BCUT2D eigenvalue weighted by molar-refractivity contribution is -0.154. The number of Topliss-reactive ketones (excluding diaryl/α,β-unsaturated/α-hetero) is 1. The molecule has 1 aliphatic heterocycles. The largest absolute Gasteiger partial charge is 0.472 e. The molecular weight excluding hydrogens is 324 g/mol. The molecule has 0 spiro atoms. The normalized spacial score (nSPS) is 21.2. The zero-order chi connectivity index (χ0) is 18.6. The number of aliphatic carboxylic acids is 1. The van der Waals surface area contributed by atoms with Crippen LogP contribution in [0, 0.1) is 11.8 Å². The highest BCUT2D eigenvalue weighted by Crippen LogP contribution is 2.26. The van der Waals surface area contributed by atoms with Gasteiger partial charge in [0.15, 0.2) is 0 Å². The van der Waals surface area contributed by atoms with Crippen molar-refractivity contribution in [1.82, 2.24) is 10.6 Å². The SMILES string of the molecule is COC(=O)C(=O)N[C@H](C)[C@H]1C(=O)N[C@@H]1[C@@H](C)C(=O)C(=[N+]=[N-])C(=O)O. The number of carbonyl (C=O) groups excluding carboxylic acids is 4. The van der Waals surface area contributed by atoms with Gasteiger partial charge in [-0.2, -0.15) is 4.79 Å². The van der Waals surface area contributed by atoms with Gasteiger partial charge < -0.3 is 26.0 Å². The molecule has 24 heavy (non-hydrogen) atoms. The first-order valence-corrected chi connectivity index (χ1v) is 6.84. The minimum Gasteiger partial charge on any atom is -0.472 e. The number of methoxy groups -OCH3 is 1. The third-order valence-electron chi connectivity index (χ3n) is 3.76. The van der Waals surface area contributed by atoms with E-state index >= 15 is 0 Å². The molecule has 4 atom stereocenters. The molecule has 0 unspecified atom stereocenters. The van der Waals surface area contributed by atoms with Gasteiger partial charge in [0.2, 0.25) is 5.91 Å². The maximum atomic E-state index is 12.0. The van der Waals surface area contributed by atoms with Gasteiger partial charge in [-0.1, -0.05) is 6.92 Å². The van der Waals surface area contributed by atoms with Gasteiger partial charge in [-0.25, -0.2) is 9.59 Å². The average Bonchev–Trinajstić information content (AvgIpc) is 2.50. The molecule has 0 aromatic heterocycles. The molecule has 2 amide bonds. The highest BCUT2D eigenvalue weighted by molar-refractivity contribution is 6.62. The highest BCUT2D eigenvalue weighted by Gasteiger charge is 2.50. The van der Waals surface area contributed by atoms with Crippen LogP contribution in [-0.4, -0.2) is 64.3 Å². The second kappa shape index (κ2) is 7.47. The van der Waals surface area contributed by atoms with E-state index in [0.717, 1.165) is 7.11 Å². The van der Waals surface area contributed by atoms with Gasteiger partial charge in [0.05, 0.1) is 19.1 Å². The molecule has 1 heterocycles. The molecule has 1 fully saturated rings. The van der Waals surface area contributed by atoms with Crippen molar-refractivity contribution in [1.29, 1.82) is 0 Å². The molecule has 11 heteroatoms. The van der Waals surface area contributed by atoms with Gasteiger partial charge in [0.1, 0.15) is 0 Å². The molecule has 0 bridgehead atoms. The number of carboxylic acids is 1. The summed E-state index contributed by atoms with van der Waals surface area (Å²) in [6, 6.07) is -1.61. The molecule has 0 saturated carbocycles. The molecule has 0 aliphatic carbocycles. The lowest BCUT2D eigenvalue weighted by Gasteiger charge is -2.42. The fraction of sp³-hybridized carbons (Fsp3) is 0.538. The summed E-state index contributed by atoms with van der Waals surface area (Å²) in [5.41, 5.74) is 7.55. The van der Waals surface area contributed by atoms with Gasteiger partial charge in [0.25, 0.3) is 5.78 Å². The number of ether oxygens (including phenoxy) is 1. The Hall–Kier alpha value is -3.07. The summed E-state index contributed by atoms with van der Waals surface area (Å²) < 4.78 is 4.24. The van der Waals surface area contributed by atoms with E-state index in [-0.39, 0.29) is 0 Å². The molecule has 3 N–H and O–H groups in total. The Labute approximate surface area is 136 Å². The predicted octanol–water partition coefficient (Wildman–Crippen LogP) is -2.26. The van der Waals surface area contributed by atoms with Crippen LogP contribution in [-0.2, 0) is 28.7 Å². The molecule has 0 aromatic carbocycles. The summed E-state index contributed by atoms with van der Waals surface area (Å²) in [6.45, 7) is 2.80. The monoisotopic (exact) mass is 340 g/mol. The fourth-order valence-corrected chi connectivity index (χ4v) is 2.42. The van der Waals surface area contributed by atoms with E-state index < -0.39 is 59.2 Å². The van der Waals surface area contributed by atoms with Crippen molar-refractivity contribution in [2.24, 2.45) is 11.8 Å². The number of rotatable bonds is 6. The van der Waals surface area contributed by atoms with E-state index in [1.165, 1.54) is 13.8 Å². The van der Waals surface area contributed by atoms with Crippen molar-refractivity contribution in [2.75, 3.05) is 7.11 Å². The molecule has 11 nitrogen and oxygen atoms in total. The van der Waals surface area contributed by atoms with E-state index in [9.17, 15) is 24.0 Å². The van der Waals surface area contributed by atoms with Crippen LogP contribution in [0.1, 0.15) is 13.8 Å². The minimum absolute atomic E-state index is 0.477. The Bertz CT molecular complexity index is 653. The molecule has 1 aliphatic rings. The zero-order valence-electron chi connectivity index (χ0n) is 13.1. The van der Waals surface area contributed by atoms with E-state index in [0.29, 0.717) is 0 Å². The van der Waals surface area contributed by atoms with E-state index in [4.69, 9.17) is 10.6 Å². The number of β-lactam (4-membered cyclic amide) rings is 1. The van der Waals surface area contributed by atoms with Crippen LogP contribution in [0.3, 0.4) is 0 Å². The number of hydrogen-bond donors (Lipinski definition) is 3. The summed E-state index contributed by atoms with van der Waals surface area (Å²) in [6.07, 6.45) is 0. The van der Waals surface area contributed by atoms with Crippen molar-refractivity contribution in [3.8, 4) is 0 Å². The Morgan fingerprint density at radius 1 is 1.33 bits per heavy atom. The average molecular weight is 340 g/mol. The van der Waals surface area contributed by atoms with Crippen LogP contribution < -0.4 is 10.6 Å². The van der Waals surface area contributed by atoms with Gasteiger partial charge in [0, 0.05) is 12.0 Å². The van der Waals surface area contributed by atoms with Crippen molar-refractivity contribution in [2.45, 2.75) is 25.9 Å². The third kappa shape index (κ3) is 3.63. The Balaban J connectivity index is 2.86. The minimum atomic E-state index is -1.71. The van der Waals surface area contributed by atoms with Crippen LogP contribution in [0.5, 0.6) is 0 Å². The van der Waals surface area contributed by atoms with E-state index in [1.54, 1.807) is 0 Å². The summed E-state index contributed by atoms with van der Waals surface area (Å²) in [4.78, 5) is 59.6. The number of carbonyl (C=O) groups is 5. The molecular formula is C13H16N4O7. The number of esters is 1. The number of ketones is 1. The van der Waals surface area contributed by atoms with Crippen LogP contribution in [0.25, 0.3) is 5.53 Å². The van der Waals surface area contributed by atoms with Crippen molar-refractivity contribution in [3.05, 3.63) is 5.53 Å². The Kier molecular flexibility index (Phi) is 5.90. The fourth-order valence-electron chi connectivity index (χ4n) is 2.42. The zero-order valence-corrected chi connectivity index (χ0v) is 13.1. The maximum Gasteiger partial charge on any atom is 0.441 e. The molecule has 0 aromatic rings. The first-order valence-electron chi connectivity index (χ1n) is 6.84. The van der Waals surface area contributed by atoms with Crippen molar-refractivity contribution < 1.29 is 38.6 Å². The molecule has 1 rings (SSSR count). The highest BCUT2D eigenvalue weighted by atomic mass is 16.5. The molecule has 130 valence electrons. The number of nitrogens with one attached hydrogen (secondary N) is 2. The van der Waals surface area contributed by atoms with Gasteiger partial charge >= 0.3 is 23.6 Å². The second-order valence-corrected chi connectivity index (χ2v) is 5.22. The standard InChI is InChI=1S/C13H16N4O7/c1-4(9(18)8(17-14)12(21)22)7-6(10(19)16-7)5(2)15-11(20)13(23)24-3/h4-7H,1-3H3,(H,15,20)(H,16,19)(H,21,22)/t4-,5-,6-,7-/m1/s1. The summed E-state index contributed by atoms with van der Waals surface area (Å²) in [5, 5.41) is 13.5. The van der Waals surface area contributed by atoms with Gasteiger partial charge in [-0.3, -0.25) is 14.4 Å². The van der Waals surface area contributed by atoms with Crippen LogP contribution in [0.2, 0.25) is 0 Å². The Morgan fingerprint density at radius 3 is 2.33 bits per heavy atom. The lowest BCUT2D eigenvalue weighted by Crippen LogP contribution is -2.68. The van der Waals surface area contributed by atoms with Gasteiger partial charge in [-0.05, 0) is 6.92 Å². The van der Waals surface area contributed by atoms with Crippen LogP contribution >= 0.6 is 0 Å². The second-order valence-electron chi connectivity index (χ2n) is 5.22. The van der Waals surface area contributed by atoms with Crippen LogP contribution in [0.15, 0.2) is 0 Å². The lowest BCUT2D eigenvalue weighted by atomic mass is 9.75. The Morgan fingerprint density at radius 2 is 1.92 bits per heavy atom. The van der Waals surface area contributed by atoms with Crippen LogP contribution in [0.4, 0.5) is 0 Å². The quantitative estimate of drug-likeness (QED) is 0.0929. The smallest absolute Gasteiger partial charge is 0.441 e. The van der Waals surface area contributed by atoms with Gasteiger partial charge in [-0.15, -0.1) is 0 Å². The maximum absolute atomic E-state index is 12.0. The van der Waals surface area contributed by atoms with E-state index in [2.05, 4.69) is 20.2 Å². The molecule has 1 saturated heterocycles. The first kappa shape index (κ1) is 19.0. The molecule has 0 radical (unpaired) electrons.